The van der Waals surface area contributed by atoms with Crippen LogP contribution in [-0.4, -0.2) is 25.9 Å². The number of nitrogens with one attached hydrogen (secondary N) is 1. The standard InChI is InChI=1S/C27H25N3O4S/c31-27(25-12-11-23(34-25)19-35(32,33)24-8-2-1-3-9-24)29-17-20-10-13-26(28-16-20)30-15-14-21-6-4-5-7-22(21)18-30/h1-13,16H,14-15,17-19H2,(H,29,31). The lowest BCUT2D eigenvalue weighted by Crippen LogP contribution is -2.31. The molecule has 178 valence electrons. The van der Waals surface area contributed by atoms with E-state index in [4.69, 9.17) is 4.42 Å². The molecule has 2 aromatic carbocycles. The van der Waals surface area contributed by atoms with Gasteiger partial charge in [0.05, 0.1) is 4.90 Å². The number of amides is 1. The molecule has 1 aliphatic rings. The van der Waals surface area contributed by atoms with E-state index in [9.17, 15) is 13.2 Å². The zero-order valence-electron chi connectivity index (χ0n) is 19.1. The minimum atomic E-state index is -3.55. The molecule has 1 aliphatic heterocycles. The van der Waals surface area contributed by atoms with Crippen molar-refractivity contribution in [3.63, 3.8) is 0 Å². The third-order valence-corrected chi connectivity index (χ3v) is 7.69. The van der Waals surface area contributed by atoms with Crippen LogP contribution in [0.4, 0.5) is 5.82 Å². The maximum absolute atomic E-state index is 12.5. The molecule has 1 amide bonds. The van der Waals surface area contributed by atoms with Gasteiger partial charge in [0.25, 0.3) is 5.91 Å². The lowest BCUT2D eigenvalue weighted by atomic mass is 10.00. The number of fused-ring (bicyclic) bond motifs is 1. The minimum absolute atomic E-state index is 0.0693. The van der Waals surface area contributed by atoms with Gasteiger partial charge < -0.3 is 14.6 Å². The Morgan fingerprint density at radius 2 is 1.71 bits per heavy atom. The van der Waals surface area contributed by atoms with Crippen LogP contribution in [0.3, 0.4) is 0 Å². The van der Waals surface area contributed by atoms with Gasteiger partial charge in [-0.25, -0.2) is 13.4 Å². The Hall–Kier alpha value is -3.91. The number of hydrogen-bond donors (Lipinski definition) is 1. The van der Waals surface area contributed by atoms with Crippen molar-refractivity contribution in [2.75, 3.05) is 11.4 Å². The maximum atomic E-state index is 12.5. The van der Waals surface area contributed by atoms with Gasteiger partial charge in [-0.3, -0.25) is 4.79 Å². The first-order chi connectivity index (χ1) is 17.0. The first kappa shape index (κ1) is 22.9. The van der Waals surface area contributed by atoms with Crippen LogP contribution in [0, 0.1) is 0 Å². The van der Waals surface area contributed by atoms with E-state index in [1.165, 1.54) is 35.4 Å². The van der Waals surface area contributed by atoms with E-state index in [2.05, 4.69) is 39.5 Å². The molecule has 0 radical (unpaired) electrons. The molecule has 0 saturated carbocycles. The number of sulfone groups is 1. The van der Waals surface area contributed by atoms with E-state index in [0.717, 1.165) is 30.9 Å². The fraction of sp³-hybridized carbons (Fsp3) is 0.185. The van der Waals surface area contributed by atoms with Gasteiger partial charge in [0.2, 0.25) is 0 Å². The predicted octanol–water partition coefficient (Wildman–Crippen LogP) is 4.14. The summed E-state index contributed by atoms with van der Waals surface area (Å²) in [7, 11) is -3.55. The van der Waals surface area contributed by atoms with Crippen LogP contribution in [0.5, 0.6) is 0 Å². The molecular formula is C27H25N3O4S. The van der Waals surface area contributed by atoms with E-state index in [1.54, 1.807) is 24.4 Å². The fourth-order valence-electron chi connectivity index (χ4n) is 4.15. The van der Waals surface area contributed by atoms with E-state index in [-0.39, 0.29) is 28.7 Å². The molecule has 4 aromatic rings. The summed E-state index contributed by atoms with van der Waals surface area (Å²) in [6.07, 6.45) is 2.75. The normalized spacial score (nSPS) is 13.3. The number of nitrogens with zero attached hydrogens (tertiary/aromatic N) is 2. The minimum Gasteiger partial charge on any atom is -0.455 e. The maximum Gasteiger partial charge on any atom is 0.287 e. The monoisotopic (exact) mass is 487 g/mol. The molecule has 0 spiro atoms. The highest BCUT2D eigenvalue weighted by molar-refractivity contribution is 7.90. The molecule has 2 aromatic heterocycles. The Balaban J connectivity index is 1.16. The van der Waals surface area contributed by atoms with Crippen molar-refractivity contribution >= 4 is 21.6 Å². The van der Waals surface area contributed by atoms with Crippen LogP contribution in [0.1, 0.15) is 33.0 Å². The fourth-order valence-corrected chi connectivity index (χ4v) is 5.41. The summed E-state index contributed by atoms with van der Waals surface area (Å²) in [5, 5.41) is 2.80. The Kier molecular flexibility index (Phi) is 6.37. The van der Waals surface area contributed by atoms with Crippen molar-refractivity contribution in [3.05, 3.63) is 113 Å². The highest BCUT2D eigenvalue weighted by Gasteiger charge is 2.20. The molecule has 0 bridgehead atoms. The average molecular weight is 488 g/mol. The van der Waals surface area contributed by atoms with Gasteiger partial charge in [0, 0.05) is 25.8 Å². The zero-order chi connectivity index (χ0) is 24.3. The number of aromatic nitrogens is 1. The highest BCUT2D eigenvalue weighted by Crippen LogP contribution is 2.23. The van der Waals surface area contributed by atoms with Gasteiger partial charge in [-0.1, -0.05) is 48.5 Å². The molecule has 3 heterocycles. The smallest absolute Gasteiger partial charge is 0.287 e. The van der Waals surface area contributed by atoms with E-state index in [0.29, 0.717) is 0 Å². The Labute approximate surface area is 204 Å². The van der Waals surface area contributed by atoms with Crippen LogP contribution in [0.25, 0.3) is 0 Å². The van der Waals surface area contributed by atoms with Crippen LogP contribution in [0.2, 0.25) is 0 Å². The van der Waals surface area contributed by atoms with Crippen molar-refractivity contribution in [1.29, 1.82) is 0 Å². The molecule has 35 heavy (non-hydrogen) atoms. The highest BCUT2D eigenvalue weighted by atomic mass is 32.2. The van der Waals surface area contributed by atoms with Gasteiger partial charge in [-0.05, 0) is 53.4 Å². The summed E-state index contributed by atoms with van der Waals surface area (Å²) in [5.74, 6) is 0.472. The van der Waals surface area contributed by atoms with Crippen LogP contribution < -0.4 is 10.2 Å². The second-order valence-electron chi connectivity index (χ2n) is 8.49. The van der Waals surface area contributed by atoms with Crippen LogP contribution in [0.15, 0.2) is 94.4 Å². The molecular weight excluding hydrogens is 462 g/mol. The largest absolute Gasteiger partial charge is 0.455 e. The zero-order valence-corrected chi connectivity index (χ0v) is 19.9. The molecule has 0 fully saturated rings. The Bertz CT molecular complexity index is 1430. The molecule has 0 atom stereocenters. The van der Waals surface area contributed by atoms with E-state index in [1.807, 2.05) is 12.1 Å². The van der Waals surface area contributed by atoms with Crippen molar-refractivity contribution in [1.82, 2.24) is 10.3 Å². The van der Waals surface area contributed by atoms with Crippen LogP contribution in [-0.2, 0) is 35.1 Å². The quantitative estimate of drug-likeness (QED) is 0.421. The van der Waals surface area contributed by atoms with Gasteiger partial charge in [-0.15, -0.1) is 0 Å². The van der Waals surface area contributed by atoms with Crippen LogP contribution >= 0.6 is 0 Å². The van der Waals surface area contributed by atoms with Crippen molar-refractivity contribution in [2.45, 2.75) is 30.2 Å². The summed E-state index contributed by atoms with van der Waals surface area (Å²) in [5.41, 5.74) is 3.58. The third kappa shape index (κ3) is 5.27. The number of furan rings is 1. The predicted molar refractivity (Wildman–Crippen MR) is 133 cm³/mol. The van der Waals surface area contributed by atoms with Crippen molar-refractivity contribution in [2.24, 2.45) is 0 Å². The number of rotatable bonds is 7. The second kappa shape index (κ2) is 9.76. The van der Waals surface area contributed by atoms with Gasteiger partial charge in [-0.2, -0.15) is 0 Å². The lowest BCUT2D eigenvalue weighted by molar-refractivity contribution is 0.0921. The number of hydrogen-bond acceptors (Lipinski definition) is 6. The molecule has 1 N–H and O–H groups in total. The summed E-state index contributed by atoms with van der Waals surface area (Å²) >= 11 is 0. The first-order valence-corrected chi connectivity index (χ1v) is 13.0. The number of carbonyl (C=O) groups excluding carboxylic acids is 1. The third-order valence-electron chi connectivity index (χ3n) is 6.04. The van der Waals surface area contributed by atoms with E-state index < -0.39 is 15.7 Å². The first-order valence-electron chi connectivity index (χ1n) is 11.4. The Morgan fingerprint density at radius 3 is 2.49 bits per heavy atom. The topological polar surface area (TPSA) is 92.5 Å². The second-order valence-corrected chi connectivity index (χ2v) is 10.5. The van der Waals surface area contributed by atoms with Gasteiger partial charge in [0.15, 0.2) is 15.6 Å². The SMILES string of the molecule is O=C(NCc1ccc(N2CCc3ccccc3C2)nc1)c1ccc(CS(=O)(=O)c2ccccc2)o1. The molecule has 0 aliphatic carbocycles. The van der Waals surface area contributed by atoms with Gasteiger partial charge in [0.1, 0.15) is 17.3 Å². The molecule has 5 rings (SSSR count). The number of carbonyl (C=O) groups is 1. The lowest BCUT2D eigenvalue weighted by Gasteiger charge is -2.29. The Morgan fingerprint density at radius 1 is 0.943 bits per heavy atom. The van der Waals surface area contributed by atoms with E-state index >= 15 is 0 Å². The molecule has 8 heteroatoms. The average Bonchev–Trinajstić information content (AvgIpc) is 3.36. The summed E-state index contributed by atoms with van der Waals surface area (Å²) in [6.45, 7) is 2.04. The molecule has 0 unspecified atom stereocenters. The van der Waals surface area contributed by atoms with Gasteiger partial charge >= 0.3 is 0 Å². The summed E-state index contributed by atoms with van der Waals surface area (Å²) in [6, 6.07) is 23.5. The molecule has 7 nitrogen and oxygen atoms in total. The molecule has 0 saturated heterocycles. The summed E-state index contributed by atoms with van der Waals surface area (Å²) < 4.78 is 30.6. The number of pyridine rings is 1. The van der Waals surface area contributed by atoms with Crippen molar-refractivity contribution < 1.29 is 17.6 Å². The number of anilines is 1. The van der Waals surface area contributed by atoms with Crippen molar-refractivity contribution in [3.8, 4) is 0 Å². The number of benzene rings is 2. The summed E-state index contributed by atoms with van der Waals surface area (Å²) in [4.78, 5) is 19.6.